The van der Waals surface area contributed by atoms with Crippen LogP contribution in [0.15, 0.2) is 109 Å². The maximum absolute atomic E-state index is 4.62. The maximum Gasteiger partial charge on any atom is 0 e. The van der Waals surface area contributed by atoms with E-state index in [9.17, 15) is 0 Å². The summed E-state index contributed by atoms with van der Waals surface area (Å²) >= 11 is 0.145. The minimum absolute atomic E-state index is 0. The molecule has 1 radical (unpaired) electrons. The van der Waals surface area contributed by atoms with Gasteiger partial charge in [-0.05, 0) is 63.9 Å². The van der Waals surface area contributed by atoms with Crippen LogP contribution in [0.1, 0.15) is 36.5 Å². The molecular weight excluding hydrogens is 829 g/mol. The number of aryl methyl sites for hydroxylation is 2. The fourth-order valence-corrected chi connectivity index (χ4v) is 9.19. The van der Waals surface area contributed by atoms with Gasteiger partial charge in [-0.15, -0.1) is 23.8 Å². The molecule has 0 aliphatic heterocycles. The van der Waals surface area contributed by atoms with E-state index < -0.39 is 13.3 Å². The second-order valence-electron chi connectivity index (χ2n) is 13.3. The Labute approximate surface area is 300 Å². The Bertz CT molecular complexity index is 2110. The van der Waals surface area contributed by atoms with Gasteiger partial charge in [0.05, 0.1) is 0 Å². The van der Waals surface area contributed by atoms with Gasteiger partial charge in [-0.3, -0.25) is 0 Å². The normalized spacial score (nSPS) is 11.3. The maximum atomic E-state index is 4.62. The van der Waals surface area contributed by atoms with Crippen LogP contribution in [0, 0.1) is 26.0 Å². The summed E-state index contributed by atoms with van der Waals surface area (Å²) in [7, 11) is 0. The molecule has 2 nitrogen and oxygen atoms in total. The monoisotopic (exact) mass is 871 g/mol. The topological polar surface area (TPSA) is 25.8 Å². The minimum Gasteiger partial charge on any atom is 0 e. The number of rotatable bonds is 5. The second-order valence-corrected chi connectivity index (χ2v) is 25.0. The van der Waals surface area contributed by atoms with Crippen molar-refractivity contribution in [3.05, 3.63) is 138 Å². The van der Waals surface area contributed by atoms with E-state index in [4.69, 9.17) is 0 Å². The summed E-state index contributed by atoms with van der Waals surface area (Å²) < 4.78 is 4.06. The first-order chi connectivity index (χ1) is 22.1. The zero-order chi connectivity index (χ0) is 32.4. The van der Waals surface area contributed by atoms with Crippen molar-refractivity contribution in [1.82, 2.24) is 9.97 Å². The van der Waals surface area contributed by atoms with E-state index in [1.807, 2.05) is 48.0 Å². The molecule has 0 amide bonds. The van der Waals surface area contributed by atoms with Gasteiger partial charge in [0.1, 0.15) is 0 Å². The van der Waals surface area contributed by atoms with Gasteiger partial charge in [-0.25, -0.2) is 0 Å². The van der Waals surface area contributed by atoms with Crippen LogP contribution in [0.5, 0.6) is 0 Å². The third-order valence-electron chi connectivity index (χ3n) is 8.52. The van der Waals surface area contributed by atoms with E-state index in [1.54, 1.807) is 0 Å². The molecule has 3 heterocycles. The molecule has 7 aromatic rings. The van der Waals surface area contributed by atoms with Gasteiger partial charge in [0.15, 0.2) is 0 Å². The third kappa shape index (κ3) is 7.68. The molecule has 0 saturated carbocycles. The first-order valence-corrected chi connectivity index (χ1v) is 24.1. The van der Waals surface area contributed by atoms with Crippen LogP contribution in [0.2, 0.25) is 17.3 Å². The van der Waals surface area contributed by atoms with Crippen molar-refractivity contribution in [2.75, 3.05) is 0 Å². The van der Waals surface area contributed by atoms with Crippen LogP contribution in [0.3, 0.4) is 0 Å². The van der Waals surface area contributed by atoms with Crippen LogP contribution >= 0.6 is 11.3 Å². The first-order valence-electron chi connectivity index (χ1n) is 15.9. The number of hydrogen-bond donors (Lipinski definition) is 0. The van der Waals surface area contributed by atoms with Gasteiger partial charge < -0.3 is 4.98 Å². The van der Waals surface area contributed by atoms with E-state index in [-0.39, 0.29) is 20.1 Å². The molecule has 0 unspecified atom stereocenters. The standard InChI is InChI=1S/C28H24NS.C14H16GeN.Ir/c1-17(2)20-13-14-29-25(16-20)21-11-12-26-24(15-21)22-9-6-10-23(28(22)30-26)27-18(3)7-5-8-19(27)4;1-15(2,3)13-9-10-14(16-11-13)12-7-5-4-6-8-12;/h5-10,12-17H,1-4H3;4-7,9-11H,1-3H3;/q2*-1;. The molecule has 239 valence electrons. The summed E-state index contributed by atoms with van der Waals surface area (Å²) in [5, 5.41) is 2.60. The summed E-state index contributed by atoms with van der Waals surface area (Å²) in [5.41, 5.74) is 10.8. The molecule has 3 aromatic heterocycles. The Morgan fingerprint density at radius 2 is 1.49 bits per heavy atom. The van der Waals surface area contributed by atoms with Crippen molar-refractivity contribution in [1.29, 1.82) is 0 Å². The van der Waals surface area contributed by atoms with Gasteiger partial charge >= 0.3 is 99.8 Å². The predicted octanol–water partition coefficient (Wildman–Crippen LogP) is 11.4. The van der Waals surface area contributed by atoms with Crippen molar-refractivity contribution < 1.29 is 20.1 Å². The van der Waals surface area contributed by atoms with Crippen molar-refractivity contribution in [2.45, 2.75) is 50.9 Å². The number of nitrogens with zero attached hydrogens (tertiary/aromatic N) is 2. The van der Waals surface area contributed by atoms with Crippen LogP contribution in [-0.4, -0.2) is 23.2 Å². The minimum atomic E-state index is -1.72. The number of pyridine rings is 2. The fraction of sp³-hybridized carbons (Fsp3) is 0.190. The molecule has 0 fully saturated rings. The number of aromatic nitrogens is 2. The number of benzene rings is 4. The summed E-state index contributed by atoms with van der Waals surface area (Å²) in [6.45, 7) is 8.84. The molecule has 47 heavy (non-hydrogen) atoms. The Balaban J connectivity index is 0.000000217. The summed E-state index contributed by atoms with van der Waals surface area (Å²) in [6.07, 6.45) is 3.95. The molecule has 0 N–H and O–H groups in total. The quantitative estimate of drug-likeness (QED) is 0.127. The van der Waals surface area contributed by atoms with E-state index in [0.29, 0.717) is 5.92 Å². The van der Waals surface area contributed by atoms with Crippen LogP contribution in [0.25, 0.3) is 53.8 Å². The van der Waals surface area contributed by atoms with Crippen molar-refractivity contribution >= 4 is 49.2 Å². The molecule has 7 rings (SSSR count). The molecular formula is C42H40GeIrN2S-2. The Morgan fingerprint density at radius 1 is 0.723 bits per heavy atom. The van der Waals surface area contributed by atoms with Crippen molar-refractivity contribution in [3.8, 4) is 33.6 Å². The Hall–Kier alpha value is -3.41. The van der Waals surface area contributed by atoms with Gasteiger partial charge in [-0.2, -0.15) is 11.3 Å². The van der Waals surface area contributed by atoms with Gasteiger partial charge in [0, 0.05) is 31.0 Å². The van der Waals surface area contributed by atoms with Crippen LogP contribution in [-0.2, 0) is 20.1 Å². The fourth-order valence-electron chi connectivity index (χ4n) is 5.83. The Morgan fingerprint density at radius 3 is 2.15 bits per heavy atom. The molecule has 0 saturated heterocycles. The van der Waals surface area contributed by atoms with Crippen LogP contribution in [0.4, 0.5) is 0 Å². The molecule has 0 aliphatic rings. The first kappa shape index (κ1) is 34.9. The largest absolute Gasteiger partial charge is 0 e. The van der Waals surface area contributed by atoms with Crippen molar-refractivity contribution in [3.63, 3.8) is 0 Å². The molecule has 4 aromatic carbocycles. The van der Waals surface area contributed by atoms with Gasteiger partial charge in [-0.1, -0.05) is 67.3 Å². The number of hydrogen-bond acceptors (Lipinski definition) is 3. The molecule has 5 heteroatoms. The second kappa shape index (κ2) is 14.8. The molecule has 0 spiro atoms. The third-order valence-corrected chi connectivity index (χ3v) is 14.0. The zero-order valence-corrected chi connectivity index (χ0v) is 33.4. The Kier molecular flexibility index (Phi) is 11.0. The average molecular weight is 870 g/mol. The summed E-state index contributed by atoms with van der Waals surface area (Å²) in [6, 6.07) is 40.9. The molecule has 0 bridgehead atoms. The van der Waals surface area contributed by atoms with Crippen molar-refractivity contribution in [2.24, 2.45) is 0 Å². The molecule has 0 atom stereocenters. The SMILES string of the molecule is Cc1cccc(C)c1-c1cccc2c1sc1c[c-]c(-c3cc(C(C)C)ccn3)cc12.[CH3][Ge]([CH3])([CH3])[c]1ccc(-c2[c-]cccc2)nc1.[Ir]. The van der Waals surface area contributed by atoms with E-state index in [1.165, 1.54) is 52.4 Å². The van der Waals surface area contributed by atoms with Gasteiger partial charge in [0.2, 0.25) is 0 Å². The number of fused-ring (bicyclic) bond motifs is 3. The summed E-state index contributed by atoms with van der Waals surface area (Å²) in [5.74, 6) is 7.62. The van der Waals surface area contributed by atoms with Gasteiger partial charge in [0.25, 0.3) is 0 Å². The van der Waals surface area contributed by atoms with E-state index in [0.717, 1.165) is 22.5 Å². The van der Waals surface area contributed by atoms with Crippen LogP contribution < -0.4 is 4.40 Å². The zero-order valence-electron chi connectivity index (χ0n) is 28.1. The predicted molar refractivity (Wildman–Crippen MR) is 202 cm³/mol. The van der Waals surface area contributed by atoms with E-state index >= 15 is 0 Å². The average Bonchev–Trinajstić information content (AvgIpc) is 3.44. The number of thiophene rings is 1. The smallest absolute Gasteiger partial charge is 0 e. The molecule has 0 aliphatic carbocycles. The van der Waals surface area contributed by atoms with E-state index in [2.05, 4.69) is 140 Å². The summed E-state index contributed by atoms with van der Waals surface area (Å²) in [4.78, 5) is 9.15.